The van der Waals surface area contributed by atoms with Crippen LogP contribution >= 0.6 is 0 Å². The number of likely N-dealkylation sites (N-methyl/N-ethyl adjacent to an activating group) is 1. The van der Waals surface area contributed by atoms with Gasteiger partial charge in [0.05, 0.1) is 6.54 Å². The summed E-state index contributed by atoms with van der Waals surface area (Å²) in [6, 6.07) is 3.05. The van der Waals surface area contributed by atoms with Crippen molar-refractivity contribution < 1.29 is 18.4 Å². The maximum Gasteiger partial charge on any atom is 0.243 e. The highest BCUT2D eigenvalue weighted by Gasteiger charge is 2.27. The lowest BCUT2D eigenvalue weighted by atomic mass is 9.92. The first-order chi connectivity index (χ1) is 10.8. The fourth-order valence-corrected chi connectivity index (χ4v) is 2.79. The molecule has 1 saturated heterocycles. The van der Waals surface area contributed by atoms with E-state index < -0.39 is 17.5 Å². The zero-order valence-electron chi connectivity index (χ0n) is 13.2. The quantitative estimate of drug-likeness (QED) is 0.887. The standard InChI is InChI=1S/C16H21F2N3O2/c1-10-5-11(3-4-19-10)16(23)21(2)9-15(22)20-14-7-12(17)6-13(18)8-14/h6-8,10-11,19H,3-5,9H2,1-2H3,(H,20,22)/t10-,11-/m0/s1. The van der Waals surface area contributed by atoms with Gasteiger partial charge < -0.3 is 15.5 Å². The van der Waals surface area contributed by atoms with Gasteiger partial charge in [-0.3, -0.25) is 9.59 Å². The molecular formula is C16H21F2N3O2. The normalized spacial score (nSPS) is 20.9. The Bertz CT molecular complexity index is 574. The van der Waals surface area contributed by atoms with Crippen molar-refractivity contribution >= 4 is 17.5 Å². The number of anilines is 1. The molecule has 0 aromatic heterocycles. The Labute approximate surface area is 134 Å². The summed E-state index contributed by atoms with van der Waals surface area (Å²) < 4.78 is 26.2. The number of nitrogens with zero attached hydrogens (tertiary/aromatic N) is 1. The van der Waals surface area contributed by atoms with Crippen molar-refractivity contribution in [3.8, 4) is 0 Å². The van der Waals surface area contributed by atoms with Gasteiger partial charge in [-0.1, -0.05) is 0 Å². The summed E-state index contributed by atoms with van der Waals surface area (Å²) in [6.07, 6.45) is 1.48. The van der Waals surface area contributed by atoms with Crippen LogP contribution in [0.4, 0.5) is 14.5 Å². The van der Waals surface area contributed by atoms with Crippen molar-refractivity contribution in [3.05, 3.63) is 29.8 Å². The van der Waals surface area contributed by atoms with Crippen LogP contribution in [0.15, 0.2) is 18.2 Å². The minimum atomic E-state index is -0.770. The van der Waals surface area contributed by atoms with E-state index in [1.54, 1.807) is 7.05 Å². The van der Waals surface area contributed by atoms with Crippen molar-refractivity contribution in [2.24, 2.45) is 5.92 Å². The molecule has 1 aliphatic heterocycles. The molecule has 1 aromatic carbocycles. The Hall–Kier alpha value is -2.02. The molecule has 2 amide bonds. The van der Waals surface area contributed by atoms with Gasteiger partial charge >= 0.3 is 0 Å². The lowest BCUT2D eigenvalue weighted by Gasteiger charge is -2.30. The molecule has 1 aromatic rings. The highest BCUT2D eigenvalue weighted by Crippen LogP contribution is 2.18. The van der Waals surface area contributed by atoms with E-state index in [1.807, 2.05) is 6.92 Å². The second-order valence-electron chi connectivity index (χ2n) is 5.98. The van der Waals surface area contributed by atoms with Crippen LogP contribution in [0, 0.1) is 17.6 Å². The van der Waals surface area contributed by atoms with Gasteiger partial charge in [-0.15, -0.1) is 0 Å². The second-order valence-corrected chi connectivity index (χ2v) is 5.98. The molecule has 1 aliphatic rings. The molecule has 7 heteroatoms. The van der Waals surface area contributed by atoms with Crippen molar-refractivity contribution in [1.29, 1.82) is 0 Å². The highest BCUT2D eigenvalue weighted by molar-refractivity contribution is 5.94. The van der Waals surface area contributed by atoms with E-state index in [4.69, 9.17) is 0 Å². The summed E-state index contributed by atoms with van der Waals surface area (Å²) >= 11 is 0. The van der Waals surface area contributed by atoms with Gasteiger partial charge in [0.25, 0.3) is 0 Å². The largest absolute Gasteiger partial charge is 0.336 e. The zero-order chi connectivity index (χ0) is 17.0. The molecule has 0 radical (unpaired) electrons. The van der Waals surface area contributed by atoms with Gasteiger partial charge in [0.1, 0.15) is 11.6 Å². The number of nitrogens with one attached hydrogen (secondary N) is 2. The molecule has 2 atom stereocenters. The maximum atomic E-state index is 13.1. The minimum absolute atomic E-state index is 0.0313. The topological polar surface area (TPSA) is 61.4 Å². The monoisotopic (exact) mass is 325 g/mol. The summed E-state index contributed by atoms with van der Waals surface area (Å²) in [5.74, 6) is -2.22. The first-order valence-corrected chi connectivity index (χ1v) is 7.59. The number of hydrogen-bond donors (Lipinski definition) is 2. The number of piperidine rings is 1. The average molecular weight is 325 g/mol. The van der Waals surface area contributed by atoms with Gasteiger partial charge in [-0.05, 0) is 38.4 Å². The predicted molar refractivity (Wildman–Crippen MR) is 82.8 cm³/mol. The van der Waals surface area contributed by atoms with Crippen molar-refractivity contribution in [2.45, 2.75) is 25.8 Å². The van der Waals surface area contributed by atoms with E-state index in [9.17, 15) is 18.4 Å². The number of rotatable bonds is 4. The Morgan fingerprint density at radius 1 is 1.30 bits per heavy atom. The number of carbonyl (C=O) groups excluding carboxylic acids is 2. The third kappa shape index (κ3) is 4.99. The molecule has 2 rings (SSSR count). The van der Waals surface area contributed by atoms with Crippen LogP contribution in [-0.2, 0) is 9.59 Å². The van der Waals surface area contributed by atoms with Crippen LogP contribution in [0.2, 0.25) is 0 Å². The van der Waals surface area contributed by atoms with Gasteiger partial charge in [-0.2, -0.15) is 0 Å². The Morgan fingerprint density at radius 2 is 1.96 bits per heavy atom. The van der Waals surface area contributed by atoms with E-state index >= 15 is 0 Å². The van der Waals surface area contributed by atoms with Gasteiger partial charge in [0, 0.05) is 30.8 Å². The molecule has 1 heterocycles. The van der Waals surface area contributed by atoms with Gasteiger partial charge in [-0.25, -0.2) is 8.78 Å². The average Bonchev–Trinajstić information content (AvgIpc) is 2.45. The smallest absolute Gasteiger partial charge is 0.243 e. The third-order valence-corrected chi connectivity index (χ3v) is 3.88. The fourth-order valence-electron chi connectivity index (χ4n) is 2.79. The zero-order valence-corrected chi connectivity index (χ0v) is 13.2. The molecule has 5 nitrogen and oxygen atoms in total. The van der Waals surface area contributed by atoms with E-state index in [2.05, 4.69) is 10.6 Å². The van der Waals surface area contributed by atoms with Crippen LogP contribution in [0.3, 0.4) is 0 Å². The molecular weight excluding hydrogens is 304 g/mol. The fraction of sp³-hybridized carbons (Fsp3) is 0.500. The SMILES string of the molecule is C[C@H]1C[C@@H](C(=O)N(C)CC(=O)Nc2cc(F)cc(F)c2)CCN1. The summed E-state index contributed by atoms with van der Waals surface area (Å²) in [7, 11) is 1.56. The molecule has 0 aliphatic carbocycles. The highest BCUT2D eigenvalue weighted by atomic mass is 19.1. The van der Waals surface area contributed by atoms with E-state index in [1.165, 1.54) is 4.90 Å². The number of benzene rings is 1. The summed E-state index contributed by atoms with van der Waals surface area (Å²) in [4.78, 5) is 25.6. The van der Waals surface area contributed by atoms with Crippen LogP contribution in [-0.4, -0.2) is 42.9 Å². The first kappa shape index (κ1) is 17.3. The van der Waals surface area contributed by atoms with Gasteiger partial charge in [0.15, 0.2) is 0 Å². The van der Waals surface area contributed by atoms with Crippen molar-refractivity contribution in [3.63, 3.8) is 0 Å². The predicted octanol–water partition coefficient (Wildman–Crippen LogP) is 1.75. The molecule has 0 unspecified atom stereocenters. The molecule has 126 valence electrons. The number of hydrogen-bond acceptors (Lipinski definition) is 3. The number of halogens is 2. The van der Waals surface area contributed by atoms with Crippen LogP contribution in [0.5, 0.6) is 0 Å². The molecule has 0 spiro atoms. The Morgan fingerprint density at radius 3 is 2.57 bits per heavy atom. The lowest BCUT2D eigenvalue weighted by Crippen LogP contribution is -2.44. The summed E-state index contributed by atoms with van der Waals surface area (Å²) in [6.45, 7) is 2.64. The van der Waals surface area contributed by atoms with Crippen LogP contribution in [0.25, 0.3) is 0 Å². The number of carbonyl (C=O) groups is 2. The molecule has 1 fully saturated rings. The third-order valence-electron chi connectivity index (χ3n) is 3.88. The van der Waals surface area contributed by atoms with Crippen LogP contribution < -0.4 is 10.6 Å². The van der Waals surface area contributed by atoms with E-state index in [-0.39, 0.29) is 30.1 Å². The second kappa shape index (κ2) is 7.50. The maximum absolute atomic E-state index is 13.1. The van der Waals surface area contributed by atoms with Crippen LogP contribution in [0.1, 0.15) is 19.8 Å². The Balaban J connectivity index is 1.89. The molecule has 0 bridgehead atoms. The van der Waals surface area contributed by atoms with E-state index in [0.717, 1.165) is 37.6 Å². The lowest BCUT2D eigenvalue weighted by molar-refractivity contribution is -0.137. The van der Waals surface area contributed by atoms with E-state index in [0.29, 0.717) is 0 Å². The van der Waals surface area contributed by atoms with Crippen molar-refractivity contribution in [1.82, 2.24) is 10.2 Å². The molecule has 23 heavy (non-hydrogen) atoms. The molecule has 2 N–H and O–H groups in total. The summed E-state index contributed by atoms with van der Waals surface area (Å²) in [5, 5.41) is 5.66. The van der Waals surface area contributed by atoms with Crippen molar-refractivity contribution in [2.75, 3.05) is 25.5 Å². The minimum Gasteiger partial charge on any atom is -0.336 e. The summed E-state index contributed by atoms with van der Waals surface area (Å²) in [5.41, 5.74) is 0.0313. The number of amides is 2. The van der Waals surface area contributed by atoms with Gasteiger partial charge in [0.2, 0.25) is 11.8 Å². The first-order valence-electron chi connectivity index (χ1n) is 7.59. The Kier molecular flexibility index (Phi) is 5.65. The molecule has 0 saturated carbocycles.